The topological polar surface area (TPSA) is 68.5 Å². The summed E-state index contributed by atoms with van der Waals surface area (Å²) in [6.07, 6.45) is 2.06. The highest BCUT2D eigenvalue weighted by Gasteiger charge is 2.23. The molecule has 1 N–H and O–H groups in total. The van der Waals surface area contributed by atoms with Gasteiger partial charge in [0.2, 0.25) is 10.0 Å². The van der Waals surface area contributed by atoms with E-state index in [1.807, 2.05) is 19.9 Å². The number of benzene rings is 1. The first-order valence-electron chi connectivity index (χ1n) is 7.03. The number of hydrogen-bond donors (Lipinski definition) is 1. The zero-order chi connectivity index (χ0) is 16.3. The van der Waals surface area contributed by atoms with E-state index in [-0.39, 0.29) is 10.9 Å². The minimum atomic E-state index is -3.66. The summed E-state index contributed by atoms with van der Waals surface area (Å²) in [5.74, 6) is 1.09. The van der Waals surface area contributed by atoms with Gasteiger partial charge in [0.05, 0.1) is 13.4 Å². The van der Waals surface area contributed by atoms with Crippen molar-refractivity contribution in [3.63, 3.8) is 0 Å². The van der Waals surface area contributed by atoms with E-state index in [9.17, 15) is 8.42 Å². The third-order valence-electron chi connectivity index (χ3n) is 3.51. The third-order valence-corrected chi connectivity index (χ3v) is 5.12. The van der Waals surface area contributed by atoms with Gasteiger partial charge in [-0.25, -0.2) is 13.1 Å². The summed E-state index contributed by atoms with van der Waals surface area (Å²) < 4.78 is 38.3. The van der Waals surface area contributed by atoms with Crippen molar-refractivity contribution in [1.29, 1.82) is 0 Å². The van der Waals surface area contributed by atoms with Crippen LogP contribution in [0.25, 0.3) is 0 Å². The van der Waals surface area contributed by atoms with Crippen molar-refractivity contribution in [1.82, 2.24) is 4.72 Å². The number of aryl methyl sites for hydroxylation is 2. The summed E-state index contributed by atoms with van der Waals surface area (Å²) in [4.78, 5) is 0.157. The number of ether oxygens (including phenoxy) is 1. The molecule has 0 aliphatic heterocycles. The van der Waals surface area contributed by atoms with Gasteiger partial charge in [0.15, 0.2) is 0 Å². The molecule has 0 spiro atoms. The Morgan fingerprint density at radius 2 is 1.95 bits per heavy atom. The lowest BCUT2D eigenvalue weighted by molar-refractivity contribution is 0.401. The molecule has 0 aliphatic rings. The molecule has 1 aromatic carbocycles. The van der Waals surface area contributed by atoms with Crippen molar-refractivity contribution in [2.45, 2.75) is 38.1 Å². The third kappa shape index (κ3) is 3.69. The molecule has 1 atom stereocenters. The number of methoxy groups -OCH3 is 1. The normalized spacial score (nSPS) is 13.1. The molecule has 0 bridgehead atoms. The van der Waals surface area contributed by atoms with Gasteiger partial charge in [0.1, 0.15) is 16.4 Å². The van der Waals surface area contributed by atoms with Crippen LogP contribution >= 0.6 is 0 Å². The Morgan fingerprint density at radius 1 is 1.27 bits per heavy atom. The van der Waals surface area contributed by atoms with Crippen LogP contribution in [0, 0.1) is 13.8 Å². The second-order valence-electron chi connectivity index (χ2n) is 5.39. The highest BCUT2D eigenvalue weighted by atomic mass is 32.2. The number of furan rings is 1. The van der Waals surface area contributed by atoms with Crippen LogP contribution in [-0.2, 0) is 16.4 Å². The summed E-state index contributed by atoms with van der Waals surface area (Å²) in [5.41, 5.74) is 1.89. The van der Waals surface area contributed by atoms with E-state index in [0.717, 1.165) is 16.9 Å². The highest BCUT2D eigenvalue weighted by Crippen LogP contribution is 2.27. The van der Waals surface area contributed by atoms with Crippen molar-refractivity contribution in [3.05, 3.63) is 47.4 Å². The fourth-order valence-corrected chi connectivity index (χ4v) is 3.71. The van der Waals surface area contributed by atoms with Crippen LogP contribution in [-0.4, -0.2) is 21.6 Å². The molecular formula is C16H21NO4S. The van der Waals surface area contributed by atoms with E-state index < -0.39 is 10.0 Å². The van der Waals surface area contributed by atoms with Gasteiger partial charge in [-0.2, -0.15) is 0 Å². The molecule has 1 aromatic heterocycles. The fraction of sp³-hybridized carbons (Fsp3) is 0.375. The van der Waals surface area contributed by atoms with Crippen LogP contribution < -0.4 is 9.46 Å². The molecule has 5 nitrogen and oxygen atoms in total. The van der Waals surface area contributed by atoms with Crippen molar-refractivity contribution >= 4 is 10.0 Å². The van der Waals surface area contributed by atoms with Gasteiger partial charge in [0.25, 0.3) is 0 Å². The van der Waals surface area contributed by atoms with E-state index >= 15 is 0 Å². The Morgan fingerprint density at radius 3 is 2.55 bits per heavy atom. The molecule has 0 radical (unpaired) electrons. The number of sulfonamides is 1. The van der Waals surface area contributed by atoms with Crippen molar-refractivity contribution in [2.75, 3.05) is 7.11 Å². The SMILES string of the molecule is COc1cc(C)c(C)cc1S(=O)(=O)NC(C)Cc1ccco1. The maximum atomic E-state index is 12.6. The zero-order valence-electron chi connectivity index (χ0n) is 13.2. The summed E-state index contributed by atoms with van der Waals surface area (Å²) in [6.45, 7) is 5.59. The van der Waals surface area contributed by atoms with E-state index in [2.05, 4.69) is 4.72 Å². The molecule has 6 heteroatoms. The molecular weight excluding hydrogens is 302 g/mol. The first kappa shape index (κ1) is 16.6. The molecule has 2 aromatic rings. The van der Waals surface area contributed by atoms with E-state index in [0.29, 0.717) is 12.2 Å². The summed E-state index contributed by atoms with van der Waals surface area (Å²) in [7, 11) is -2.19. The number of hydrogen-bond acceptors (Lipinski definition) is 4. The minimum Gasteiger partial charge on any atom is -0.495 e. The Hall–Kier alpha value is -1.79. The molecule has 1 heterocycles. The first-order valence-corrected chi connectivity index (χ1v) is 8.51. The van der Waals surface area contributed by atoms with Crippen LogP contribution in [0.1, 0.15) is 23.8 Å². The molecule has 0 saturated carbocycles. The minimum absolute atomic E-state index is 0.157. The lowest BCUT2D eigenvalue weighted by atomic mass is 10.1. The first-order chi connectivity index (χ1) is 10.3. The van der Waals surface area contributed by atoms with Crippen LogP contribution in [0.2, 0.25) is 0 Å². The highest BCUT2D eigenvalue weighted by molar-refractivity contribution is 7.89. The standard InChI is InChI=1S/C16H21NO4S/c1-11-8-15(20-4)16(9-12(11)2)22(18,19)17-13(3)10-14-6-5-7-21-14/h5-9,13,17H,10H2,1-4H3. The van der Waals surface area contributed by atoms with E-state index in [4.69, 9.17) is 9.15 Å². The monoisotopic (exact) mass is 323 g/mol. The van der Waals surface area contributed by atoms with Gasteiger partial charge in [-0.1, -0.05) is 0 Å². The van der Waals surface area contributed by atoms with E-state index in [1.54, 1.807) is 31.4 Å². The average Bonchev–Trinajstić information content (AvgIpc) is 2.93. The second-order valence-corrected chi connectivity index (χ2v) is 7.08. The van der Waals surface area contributed by atoms with Crippen molar-refractivity contribution in [3.8, 4) is 5.75 Å². The fourth-order valence-electron chi connectivity index (χ4n) is 2.23. The number of rotatable bonds is 6. The summed E-state index contributed by atoms with van der Waals surface area (Å²) >= 11 is 0. The Kier molecular flexibility index (Phi) is 4.93. The lowest BCUT2D eigenvalue weighted by Crippen LogP contribution is -2.34. The van der Waals surface area contributed by atoms with Crippen LogP contribution in [0.15, 0.2) is 39.8 Å². The van der Waals surface area contributed by atoms with Crippen molar-refractivity contribution in [2.24, 2.45) is 0 Å². The molecule has 0 amide bonds. The quantitative estimate of drug-likeness (QED) is 0.887. The Bertz CT molecular complexity index is 736. The van der Waals surface area contributed by atoms with Gasteiger partial charge in [-0.05, 0) is 56.2 Å². The molecule has 22 heavy (non-hydrogen) atoms. The molecule has 120 valence electrons. The van der Waals surface area contributed by atoms with Gasteiger partial charge in [0, 0.05) is 12.5 Å². The lowest BCUT2D eigenvalue weighted by Gasteiger charge is -2.16. The van der Waals surface area contributed by atoms with Crippen LogP contribution in [0.5, 0.6) is 5.75 Å². The molecule has 0 fully saturated rings. The molecule has 0 saturated heterocycles. The maximum absolute atomic E-state index is 12.6. The maximum Gasteiger partial charge on any atom is 0.244 e. The summed E-state index contributed by atoms with van der Waals surface area (Å²) in [5, 5.41) is 0. The largest absolute Gasteiger partial charge is 0.495 e. The van der Waals surface area contributed by atoms with E-state index in [1.165, 1.54) is 7.11 Å². The Balaban J connectivity index is 2.24. The molecule has 0 aliphatic carbocycles. The van der Waals surface area contributed by atoms with Crippen LogP contribution in [0.3, 0.4) is 0 Å². The predicted molar refractivity (Wildman–Crippen MR) is 84.7 cm³/mol. The molecule has 1 unspecified atom stereocenters. The smallest absolute Gasteiger partial charge is 0.244 e. The van der Waals surface area contributed by atoms with Crippen LogP contribution in [0.4, 0.5) is 0 Å². The zero-order valence-corrected chi connectivity index (χ0v) is 14.0. The second kappa shape index (κ2) is 6.54. The van der Waals surface area contributed by atoms with Gasteiger partial charge in [-0.3, -0.25) is 0 Å². The van der Waals surface area contributed by atoms with Crippen molar-refractivity contribution < 1.29 is 17.6 Å². The molecule has 2 rings (SSSR count). The van der Waals surface area contributed by atoms with Gasteiger partial charge >= 0.3 is 0 Å². The number of nitrogens with one attached hydrogen (secondary N) is 1. The average molecular weight is 323 g/mol. The summed E-state index contributed by atoms with van der Waals surface area (Å²) in [6, 6.07) is 6.68. The predicted octanol–water partition coefficient (Wildman–Crippen LogP) is 2.81. The van der Waals surface area contributed by atoms with Gasteiger partial charge in [-0.15, -0.1) is 0 Å². The Labute approximate surface area is 131 Å². The van der Waals surface area contributed by atoms with Gasteiger partial charge < -0.3 is 9.15 Å².